The SMILES string of the molecule is Fc1ccc(-c2cccc(-c3cc(C(F)(F)F)[nH]n3)n2)c(F)c1. The number of aromatic nitrogens is 3. The lowest BCUT2D eigenvalue weighted by Gasteiger charge is -2.04. The van der Waals surface area contributed by atoms with Crippen LogP contribution in [0.2, 0.25) is 0 Å². The summed E-state index contributed by atoms with van der Waals surface area (Å²) < 4.78 is 64.4. The van der Waals surface area contributed by atoms with E-state index >= 15 is 0 Å². The summed E-state index contributed by atoms with van der Waals surface area (Å²) in [5, 5.41) is 5.45. The molecule has 0 aliphatic rings. The highest BCUT2D eigenvalue weighted by molar-refractivity contribution is 5.64. The van der Waals surface area contributed by atoms with Crippen molar-refractivity contribution in [2.45, 2.75) is 6.18 Å². The Morgan fingerprint density at radius 2 is 1.61 bits per heavy atom. The van der Waals surface area contributed by atoms with E-state index in [-0.39, 0.29) is 22.6 Å². The summed E-state index contributed by atoms with van der Waals surface area (Å²) in [6.45, 7) is 0. The molecule has 0 aliphatic carbocycles. The van der Waals surface area contributed by atoms with Gasteiger partial charge in [0.2, 0.25) is 0 Å². The molecule has 0 saturated carbocycles. The molecule has 0 unspecified atom stereocenters. The Bertz CT molecular complexity index is 854. The first-order valence-electron chi connectivity index (χ1n) is 6.40. The second kappa shape index (κ2) is 5.45. The average molecular weight is 325 g/mol. The fourth-order valence-corrected chi connectivity index (χ4v) is 2.02. The van der Waals surface area contributed by atoms with Gasteiger partial charge < -0.3 is 0 Å². The van der Waals surface area contributed by atoms with E-state index in [1.54, 1.807) is 0 Å². The minimum atomic E-state index is -4.55. The maximum Gasteiger partial charge on any atom is 0.432 e. The number of aromatic amines is 1. The summed E-state index contributed by atoms with van der Waals surface area (Å²) in [5.41, 5.74) is -0.691. The normalized spacial score (nSPS) is 11.7. The number of halogens is 5. The second-order valence-corrected chi connectivity index (χ2v) is 4.70. The van der Waals surface area contributed by atoms with Crippen LogP contribution >= 0.6 is 0 Å². The number of nitrogens with one attached hydrogen (secondary N) is 1. The van der Waals surface area contributed by atoms with Gasteiger partial charge in [-0.05, 0) is 30.3 Å². The molecule has 0 saturated heterocycles. The van der Waals surface area contributed by atoms with Gasteiger partial charge in [-0.2, -0.15) is 18.3 Å². The first-order valence-corrected chi connectivity index (χ1v) is 6.40. The summed E-state index contributed by atoms with van der Waals surface area (Å²) >= 11 is 0. The third-order valence-electron chi connectivity index (χ3n) is 3.10. The molecule has 2 aromatic heterocycles. The van der Waals surface area contributed by atoms with E-state index in [0.717, 1.165) is 12.1 Å². The number of benzene rings is 1. The van der Waals surface area contributed by atoms with Crippen molar-refractivity contribution in [2.75, 3.05) is 0 Å². The smallest absolute Gasteiger partial charge is 0.273 e. The molecule has 0 fully saturated rings. The Hall–Kier alpha value is -2.77. The molecular weight excluding hydrogens is 317 g/mol. The number of alkyl halides is 3. The van der Waals surface area contributed by atoms with E-state index in [2.05, 4.69) is 10.1 Å². The number of H-pyrrole nitrogens is 1. The Balaban J connectivity index is 2.01. The van der Waals surface area contributed by atoms with Crippen LogP contribution in [0.3, 0.4) is 0 Å². The lowest BCUT2D eigenvalue weighted by molar-refractivity contribution is -0.141. The van der Waals surface area contributed by atoms with Gasteiger partial charge in [0.05, 0.1) is 11.4 Å². The molecule has 0 atom stereocenters. The Morgan fingerprint density at radius 1 is 0.870 bits per heavy atom. The van der Waals surface area contributed by atoms with Gasteiger partial charge in [-0.25, -0.2) is 13.8 Å². The van der Waals surface area contributed by atoms with Crippen molar-refractivity contribution in [2.24, 2.45) is 0 Å². The average Bonchev–Trinajstić information content (AvgIpc) is 2.97. The van der Waals surface area contributed by atoms with Crippen LogP contribution in [-0.4, -0.2) is 15.2 Å². The van der Waals surface area contributed by atoms with Crippen molar-refractivity contribution in [3.05, 3.63) is 59.8 Å². The van der Waals surface area contributed by atoms with Crippen molar-refractivity contribution >= 4 is 0 Å². The quantitative estimate of drug-likeness (QED) is 0.708. The Morgan fingerprint density at radius 3 is 2.26 bits per heavy atom. The van der Waals surface area contributed by atoms with Crippen LogP contribution in [-0.2, 0) is 6.18 Å². The topological polar surface area (TPSA) is 41.6 Å². The van der Waals surface area contributed by atoms with Crippen LogP contribution in [0.1, 0.15) is 5.69 Å². The standard InChI is InChI=1S/C15H8F5N3/c16-8-4-5-9(10(17)6-8)11-2-1-3-12(21-11)13-7-14(23-22-13)15(18,19)20/h1-7H,(H,22,23). The minimum Gasteiger partial charge on any atom is -0.273 e. The van der Waals surface area contributed by atoms with Gasteiger partial charge in [-0.1, -0.05) is 6.07 Å². The highest BCUT2D eigenvalue weighted by Crippen LogP contribution is 2.30. The van der Waals surface area contributed by atoms with Crippen molar-refractivity contribution in [3.63, 3.8) is 0 Å². The molecule has 3 nitrogen and oxygen atoms in total. The minimum absolute atomic E-state index is 0.0262. The van der Waals surface area contributed by atoms with Gasteiger partial charge in [0.25, 0.3) is 0 Å². The second-order valence-electron chi connectivity index (χ2n) is 4.70. The number of hydrogen-bond donors (Lipinski definition) is 1. The zero-order valence-corrected chi connectivity index (χ0v) is 11.3. The van der Waals surface area contributed by atoms with Gasteiger partial charge in [0.1, 0.15) is 23.0 Å². The lowest BCUT2D eigenvalue weighted by Crippen LogP contribution is -2.04. The highest BCUT2D eigenvalue weighted by atomic mass is 19.4. The van der Waals surface area contributed by atoms with E-state index in [1.165, 1.54) is 24.3 Å². The summed E-state index contributed by atoms with van der Waals surface area (Å²) in [7, 11) is 0. The molecule has 118 valence electrons. The van der Waals surface area contributed by atoms with Crippen molar-refractivity contribution < 1.29 is 22.0 Å². The molecule has 1 N–H and O–H groups in total. The number of pyridine rings is 1. The number of hydrogen-bond acceptors (Lipinski definition) is 2. The monoisotopic (exact) mass is 325 g/mol. The molecule has 0 radical (unpaired) electrons. The van der Waals surface area contributed by atoms with Crippen LogP contribution < -0.4 is 0 Å². The lowest BCUT2D eigenvalue weighted by atomic mass is 10.1. The molecule has 1 aromatic carbocycles. The molecule has 3 rings (SSSR count). The maximum absolute atomic E-state index is 13.8. The van der Waals surface area contributed by atoms with Crippen molar-refractivity contribution in [1.82, 2.24) is 15.2 Å². The molecule has 0 amide bonds. The van der Waals surface area contributed by atoms with Crippen molar-refractivity contribution in [3.8, 4) is 22.6 Å². The number of nitrogens with zero attached hydrogens (tertiary/aromatic N) is 2. The predicted molar refractivity (Wildman–Crippen MR) is 72.2 cm³/mol. The Kier molecular flexibility index (Phi) is 3.59. The molecule has 3 aromatic rings. The molecule has 0 aliphatic heterocycles. The van der Waals surface area contributed by atoms with Crippen LogP contribution in [0, 0.1) is 11.6 Å². The third-order valence-corrected chi connectivity index (χ3v) is 3.10. The van der Waals surface area contributed by atoms with E-state index in [9.17, 15) is 22.0 Å². The van der Waals surface area contributed by atoms with Gasteiger partial charge in [0, 0.05) is 11.6 Å². The molecule has 23 heavy (non-hydrogen) atoms. The van der Waals surface area contributed by atoms with Gasteiger partial charge in [0.15, 0.2) is 0 Å². The van der Waals surface area contributed by atoms with Crippen LogP contribution in [0.15, 0.2) is 42.5 Å². The summed E-state index contributed by atoms with van der Waals surface area (Å²) in [5.74, 6) is -1.54. The molecule has 0 spiro atoms. The predicted octanol–water partition coefficient (Wildman–Crippen LogP) is 4.44. The maximum atomic E-state index is 13.8. The van der Waals surface area contributed by atoms with Crippen LogP contribution in [0.25, 0.3) is 22.6 Å². The van der Waals surface area contributed by atoms with E-state index < -0.39 is 23.5 Å². The molecular formula is C15H8F5N3. The first kappa shape index (κ1) is 15.1. The van der Waals surface area contributed by atoms with E-state index in [0.29, 0.717) is 6.07 Å². The largest absolute Gasteiger partial charge is 0.432 e. The summed E-state index contributed by atoms with van der Waals surface area (Å²) in [4.78, 5) is 4.09. The van der Waals surface area contributed by atoms with Gasteiger partial charge >= 0.3 is 6.18 Å². The van der Waals surface area contributed by atoms with E-state index in [1.807, 2.05) is 5.10 Å². The van der Waals surface area contributed by atoms with Crippen molar-refractivity contribution in [1.29, 1.82) is 0 Å². The van der Waals surface area contributed by atoms with Crippen LogP contribution in [0.5, 0.6) is 0 Å². The molecule has 0 bridgehead atoms. The third kappa shape index (κ3) is 3.05. The fraction of sp³-hybridized carbons (Fsp3) is 0.0667. The number of rotatable bonds is 2. The Labute approximate surface area is 126 Å². The molecule has 2 heterocycles. The van der Waals surface area contributed by atoms with E-state index in [4.69, 9.17) is 0 Å². The van der Waals surface area contributed by atoms with Crippen LogP contribution in [0.4, 0.5) is 22.0 Å². The van der Waals surface area contributed by atoms with Gasteiger partial charge in [-0.15, -0.1) is 0 Å². The zero-order chi connectivity index (χ0) is 16.6. The summed E-state index contributed by atoms with van der Waals surface area (Å²) in [6.07, 6.45) is -4.55. The summed E-state index contributed by atoms with van der Waals surface area (Å²) in [6, 6.07) is 8.22. The zero-order valence-electron chi connectivity index (χ0n) is 11.3. The first-order chi connectivity index (χ1) is 10.8. The fourth-order valence-electron chi connectivity index (χ4n) is 2.02. The molecule has 8 heteroatoms. The highest BCUT2D eigenvalue weighted by Gasteiger charge is 2.33. The van der Waals surface area contributed by atoms with Gasteiger partial charge in [-0.3, -0.25) is 5.10 Å².